The Kier molecular flexibility index (Phi) is 4.81. The highest BCUT2D eigenvalue weighted by Crippen LogP contribution is 1.96. The molecule has 0 aromatic carbocycles. The van der Waals surface area contributed by atoms with Gasteiger partial charge in [-0.2, -0.15) is 0 Å². The van der Waals surface area contributed by atoms with Gasteiger partial charge in [-0.3, -0.25) is 0 Å². The zero-order valence-electron chi connectivity index (χ0n) is 5.39. The molecule has 0 aliphatic carbocycles. The van der Waals surface area contributed by atoms with Crippen LogP contribution in [0.25, 0.3) is 0 Å². The highest BCUT2D eigenvalue weighted by atomic mass is 32.1. The minimum absolute atomic E-state index is 0.302. The molecule has 0 aliphatic heterocycles. The van der Waals surface area contributed by atoms with E-state index in [0.717, 1.165) is 12.0 Å². The fourth-order valence-corrected chi connectivity index (χ4v) is 0.487. The van der Waals surface area contributed by atoms with Gasteiger partial charge in [0, 0.05) is 6.42 Å². The van der Waals surface area contributed by atoms with Gasteiger partial charge in [0.05, 0.1) is 6.61 Å². The highest BCUT2D eigenvalue weighted by Gasteiger charge is 1.88. The molecule has 0 amide bonds. The summed E-state index contributed by atoms with van der Waals surface area (Å²) in [4.78, 5) is 0. The van der Waals surface area contributed by atoms with E-state index < -0.39 is 0 Å². The molecular formula is C6H10OS2. The van der Waals surface area contributed by atoms with Crippen molar-refractivity contribution in [2.24, 2.45) is 0 Å². The molecule has 0 aliphatic rings. The van der Waals surface area contributed by atoms with Crippen molar-refractivity contribution in [2.45, 2.75) is 13.3 Å². The smallest absolute Gasteiger partial charge is 0.216 e. The molecule has 52 valence electrons. The van der Waals surface area contributed by atoms with Crippen molar-refractivity contribution in [1.82, 2.24) is 0 Å². The summed E-state index contributed by atoms with van der Waals surface area (Å²) in [6, 6.07) is 0. The van der Waals surface area contributed by atoms with E-state index >= 15 is 0 Å². The van der Waals surface area contributed by atoms with Gasteiger partial charge in [-0.1, -0.05) is 18.2 Å². The first-order valence-corrected chi connectivity index (χ1v) is 3.48. The van der Waals surface area contributed by atoms with Crippen LogP contribution in [-0.4, -0.2) is 11.0 Å². The molecule has 0 fully saturated rings. The average Bonchev–Trinajstić information content (AvgIpc) is 1.63. The molecule has 9 heavy (non-hydrogen) atoms. The first-order valence-electron chi connectivity index (χ1n) is 2.63. The van der Waals surface area contributed by atoms with E-state index in [0.29, 0.717) is 11.0 Å². The zero-order chi connectivity index (χ0) is 7.28. The molecule has 0 N–H and O–H groups in total. The van der Waals surface area contributed by atoms with E-state index in [1.165, 1.54) is 0 Å². The van der Waals surface area contributed by atoms with Crippen LogP contribution in [0.15, 0.2) is 12.2 Å². The van der Waals surface area contributed by atoms with Crippen LogP contribution in [-0.2, 0) is 4.74 Å². The molecule has 0 atom stereocenters. The van der Waals surface area contributed by atoms with Crippen molar-refractivity contribution in [3.8, 4) is 0 Å². The SMILES string of the molecule is C=C(C)CCOC(=S)S. The third-order valence-electron chi connectivity index (χ3n) is 0.754. The Morgan fingerprint density at radius 1 is 1.78 bits per heavy atom. The molecule has 0 radical (unpaired) electrons. The third-order valence-corrected chi connectivity index (χ3v) is 1.00. The lowest BCUT2D eigenvalue weighted by Gasteiger charge is -2.00. The second-order valence-corrected chi connectivity index (χ2v) is 2.90. The average molecular weight is 162 g/mol. The van der Waals surface area contributed by atoms with Crippen LogP contribution < -0.4 is 0 Å². The lowest BCUT2D eigenvalue weighted by molar-refractivity contribution is 0.327. The van der Waals surface area contributed by atoms with Crippen LogP contribution in [0.5, 0.6) is 0 Å². The predicted molar refractivity (Wildman–Crippen MR) is 47.0 cm³/mol. The molecule has 0 aromatic heterocycles. The summed E-state index contributed by atoms with van der Waals surface area (Å²) >= 11 is 8.34. The van der Waals surface area contributed by atoms with Gasteiger partial charge in [-0.15, -0.1) is 6.58 Å². The number of rotatable bonds is 3. The summed E-state index contributed by atoms with van der Waals surface area (Å²) in [5, 5.41) is 0. The second-order valence-electron chi connectivity index (χ2n) is 1.82. The number of thiocarbonyl (C=S) groups is 1. The number of hydrogen-bond acceptors (Lipinski definition) is 2. The lowest BCUT2D eigenvalue weighted by Crippen LogP contribution is -1.95. The van der Waals surface area contributed by atoms with Crippen LogP contribution in [0.1, 0.15) is 13.3 Å². The van der Waals surface area contributed by atoms with Gasteiger partial charge in [-0.05, 0) is 19.1 Å². The van der Waals surface area contributed by atoms with E-state index in [4.69, 9.17) is 4.74 Å². The molecule has 0 heterocycles. The summed E-state index contributed by atoms with van der Waals surface area (Å²) in [6.07, 6.45) is 0.848. The Balaban J connectivity index is 3.10. The molecule has 0 spiro atoms. The fraction of sp³-hybridized carbons (Fsp3) is 0.500. The van der Waals surface area contributed by atoms with E-state index in [1.807, 2.05) is 6.92 Å². The second kappa shape index (κ2) is 4.82. The van der Waals surface area contributed by atoms with Crippen molar-refractivity contribution < 1.29 is 4.74 Å². The van der Waals surface area contributed by atoms with Crippen LogP contribution in [0.4, 0.5) is 0 Å². The van der Waals surface area contributed by atoms with Gasteiger partial charge in [0.15, 0.2) is 0 Å². The van der Waals surface area contributed by atoms with Crippen LogP contribution in [0.2, 0.25) is 0 Å². The molecule has 0 unspecified atom stereocenters. The Hall–Kier alpha value is -0.0200. The highest BCUT2D eigenvalue weighted by molar-refractivity contribution is 8.10. The lowest BCUT2D eigenvalue weighted by atomic mass is 10.3. The quantitative estimate of drug-likeness (QED) is 0.387. The summed E-state index contributed by atoms with van der Waals surface area (Å²) in [5.74, 6) is 0. The molecule has 1 nitrogen and oxygen atoms in total. The Labute approximate surface area is 66.5 Å². The molecule has 0 saturated heterocycles. The van der Waals surface area contributed by atoms with Gasteiger partial charge in [0.2, 0.25) is 4.38 Å². The zero-order valence-corrected chi connectivity index (χ0v) is 7.10. The third kappa shape index (κ3) is 7.98. The summed E-state index contributed by atoms with van der Waals surface area (Å²) in [6.45, 7) is 6.25. The van der Waals surface area contributed by atoms with E-state index in [2.05, 4.69) is 31.4 Å². The maximum atomic E-state index is 4.89. The Bertz CT molecular complexity index is 106. The first-order chi connectivity index (χ1) is 4.13. The minimum atomic E-state index is 0.302. The van der Waals surface area contributed by atoms with Crippen LogP contribution >= 0.6 is 24.8 Å². The van der Waals surface area contributed by atoms with Crippen LogP contribution in [0.3, 0.4) is 0 Å². The first kappa shape index (κ1) is 8.98. The fourth-order valence-electron chi connectivity index (χ4n) is 0.313. The van der Waals surface area contributed by atoms with Crippen molar-refractivity contribution in [3.05, 3.63) is 12.2 Å². The summed E-state index contributed by atoms with van der Waals surface area (Å²) in [7, 11) is 0. The monoisotopic (exact) mass is 162 g/mol. The van der Waals surface area contributed by atoms with Gasteiger partial charge < -0.3 is 4.74 Å². The van der Waals surface area contributed by atoms with Crippen molar-refractivity contribution >= 4 is 29.2 Å². The summed E-state index contributed by atoms with van der Waals surface area (Å²) < 4.78 is 5.19. The van der Waals surface area contributed by atoms with Crippen molar-refractivity contribution in [1.29, 1.82) is 0 Å². The normalized spacial score (nSPS) is 8.67. The molecule has 0 rings (SSSR count). The van der Waals surface area contributed by atoms with Gasteiger partial charge in [0.1, 0.15) is 0 Å². The summed E-state index contributed by atoms with van der Waals surface area (Å²) in [5.41, 5.74) is 1.10. The van der Waals surface area contributed by atoms with Gasteiger partial charge in [0.25, 0.3) is 0 Å². The molecular weight excluding hydrogens is 152 g/mol. The topological polar surface area (TPSA) is 9.23 Å². The standard InChI is InChI=1S/C6H10OS2/c1-5(2)3-4-7-6(8)9/h1,3-4H2,2H3,(H,8,9). The maximum Gasteiger partial charge on any atom is 0.216 e. The molecule has 0 aromatic rings. The van der Waals surface area contributed by atoms with Crippen molar-refractivity contribution in [2.75, 3.05) is 6.61 Å². The molecule has 0 saturated carbocycles. The predicted octanol–water partition coefficient (Wildman–Crippen LogP) is 2.18. The van der Waals surface area contributed by atoms with Gasteiger partial charge >= 0.3 is 0 Å². The number of hydrogen-bond donors (Lipinski definition) is 1. The van der Waals surface area contributed by atoms with Crippen LogP contribution in [0, 0.1) is 0 Å². The number of ether oxygens (including phenoxy) is 1. The number of thiol groups is 1. The maximum absolute atomic E-state index is 4.89. The van der Waals surface area contributed by atoms with E-state index in [1.54, 1.807) is 0 Å². The molecule has 3 heteroatoms. The Morgan fingerprint density at radius 3 is 2.67 bits per heavy atom. The van der Waals surface area contributed by atoms with Crippen molar-refractivity contribution in [3.63, 3.8) is 0 Å². The Morgan fingerprint density at radius 2 is 2.33 bits per heavy atom. The van der Waals surface area contributed by atoms with E-state index in [9.17, 15) is 0 Å². The minimum Gasteiger partial charge on any atom is -0.478 e. The van der Waals surface area contributed by atoms with E-state index in [-0.39, 0.29) is 0 Å². The largest absolute Gasteiger partial charge is 0.478 e. The molecule has 0 bridgehead atoms. The van der Waals surface area contributed by atoms with Gasteiger partial charge in [-0.25, -0.2) is 0 Å².